The molecule has 0 amide bonds. The Morgan fingerprint density at radius 3 is 2.47 bits per heavy atom. The molecule has 172 valence electrons. The molecule has 0 spiro atoms. The first-order valence-corrected chi connectivity index (χ1v) is 10.5. The third kappa shape index (κ3) is 5.56. The van der Waals surface area contributed by atoms with Crippen LogP contribution in [0.15, 0.2) is 33.4 Å². The highest BCUT2D eigenvalue weighted by Crippen LogP contribution is 2.36. The van der Waals surface area contributed by atoms with Crippen molar-refractivity contribution in [1.29, 1.82) is 0 Å². The van der Waals surface area contributed by atoms with Gasteiger partial charge in [0.2, 0.25) is 5.89 Å². The van der Waals surface area contributed by atoms with Gasteiger partial charge < -0.3 is 18.3 Å². The third-order valence-electron chi connectivity index (χ3n) is 5.35. The SMILES string of the molecule is COc1cc(CN(Cc2ncco2)Cc2nc(C)oc2C)cc(C)c1OC(C)(C)C(C)=O. The lowest BCUT2D eigenvalue weighted by atomic mass is 10.0. The van der Waals surface area contributed by atoms with Crippen LogP contribution in [0.3, 0.4) is 0 Å². The predicted octanol–water partition coefficient (Wildman–Crippen LogP) is 4.55. The molecule has 3 aromatic rings. The predicted molar refractivity (Wildman–Crippen MR) is 119 cm³/mol. The zero-order chi connectivity index (χ0) is 23.5. The number of ether oxygens (including phenoxy) is 2. The smallest absolute Gasteiger partial charge is 0.208 e. The molecule has 0 aliphatic rings. The zero-order valence-electron chi connectivity index (χ0n) is 19.8. The van der Waals surface area contributed by atoms with Gasteiger partial charge in [0.15, 0.2) is 28.8 Å². The fourth-order valence-corrected chi connectivity index (χ4v) is 3.39. The van der Waals surface area contributed by atoms with Crippen molar-refractivity contribution < 1.29 is 23.1 Å². The van der Waals surface area contributed by atoms with Crippen LogP contribution in [0.2, 0.25) is 0 Å². The summed E-state index contributed by atoms with van der Waals surface area (Å²) in [6, 6.07) is 3.97. The number of carbonyl (C=O) groups excluding carboxylic acids is 1. The van der Waals surface area contributed by atoms with Gasteiger partial charge in [-0.05, 0) is 51.8 Å². The molecular formula is C24H31N3O5. The Kier molecular flexibility index (Phi) is 7.03. The van der Waals surface area contributed by atoms with E-state index in [-0.39, 0.29) is 5.78 Å². The topological polar surface area (TPSA) is 90.8 Å². The van der Waals surface area contributed by atoms with Crippen molar-refractivity contribution in [2.24, 2.45) is 0 Å². The van der Waals surface area contributed by atoms with Crippen molar-refractivity contribution in [3.8, 4) is 11.5 Å². The first-order chi connectivity index (χ1) is 15.1. The van der Waals surface area contributed by atoms with Crippen LogP contribution in [-0.4, -0.2) is 33.4 Å². The van der Waals surface area contributed by atoms with E-state index in [0.29, 0.717) is 42.9 Å². The molecule has 0 bridgehead atoms. The Hall–Kier alpha value is -3.13. The summed E-state index contributed by atoms with van der Waals surface area (Å²) in [7, 11) is 1.60. The third-order valence-corrected chi connectivity index (χ3v) is 5.35. The van der Waals surface area contributed by atoms with Gasteiger partial charge in [-0.25, -0.2) is 9.97 Å². The molecule has 0 fully saturated rings. The van der Waals surface area contributed by atoms with E-state index >= 15 is 0 Å². The van der Waals surface area contributed by atoms with Gasteiger partial charge in [-0.1, -0.05) is 6.07 Å². The molecular weight excluding hydrogens is 410 g/mol. The summed E-state index contributed by atoms with van der Waals surface area (Å²) in [5, 5.41) is 0. The maximum Gasteiger partial charge on any atom is 0.208 e. The van der Waals surface area contributed by atoms with Crippen molar-refractivity contribution in [2.75, 3.05) is 7.11 Å². The Labute approximate surface area is 188 Å². The van der Waals surface area contributed by atoms with E-state index in [1.54, 1.807) is 33.4 Å². The molecule has 0 saturated carbocycles. The Morgan fingerprint density at radius 1 is 1.16 bits per heavy atom. The molecule has 0 radical (unpaired) electrons. The summed E-state index contributed by atoms with van der Waals surface area (Å²) < 4.78 is 22.7. The van der Waals surface area contributed by atoms with E-state index in [4.69, 9.17) is 18.3 Å². The summed E-state index contributed by atoms with van der Waals surface area (Å²) in [6.07, 6.45) is 3.20. The van der Waals surface area contributed by atoms with E-state index in [2.05, 4.69) is 14.9 Å². The van der Waals surface area contributed by atoms with Crippen molar-refractivity contribution in [3.63, 3.8) is 0 Å². The number of carbonyl (C=O) groups is 1. The van der Waals surface area contributed by atoms with Gasteiger partial charge in [-0.15, -0.1) is 0 Å². The van der Waals surface area contributed by atoms with Crippen molar-refractivity contribution in [3.05, 3.63) is 59.0 Å². The first kappa shape index (κ1) is 23.5. The number of ketones is 1. The average molecular weight is 442 g/mol. The largest absolute Gasteiger partial charge is 0.493 e. The quantitative estimate of drug-likeness (QED) is 0.453. The molecule has 8 nitrogen and oxygen atoms in total. The fraction of sp³-hybridized carbons (Fsp3) is 0.458. The van der Waals surface area contributed by atoms with Gasteiger partial charge >= 0.3 is 0 Å². The summed E-state index contributed by atoms with van der Waals surface area (Å²) in [4.78, 5) is 22.9. The van der Waals surface area contributed by atoms with E-state index in [1.165, 1.54) is 6.92 Å². The highest BCUT2D eigenvalue weighted by molar-refractivity contribution is 5.84. The van der Waals surface area contributed by atoms with Crippen LogP contribution in [0.4, 0.5) is 0 Å². The molecule has 0 atom stereocenters. The van der Waals surface area contributed by atoms with Crippen LogP contribution in [0, 0.1) is 20.8 Å². The van der Waals surface area contributed by atoms with Gasteiger partial charge in [0.1, 0.15) is 12.0 Å². The molecule has 0 N–H and O–H groups in total. The minimum atomic E-state index is -0.946. The molecule has 32 heavy (non-hydrogen) atoms. The normalized spacial score (nSPS) is 11.8. The standard InChI is InChI=1S/C24H31N3O5/c1-15-10-19(11-21(29-7)23(15)32-24(5,6)17(3)28)12-27(14-22-25-8-9-30-22)13-20-16(2)31-18(4)26-20/h8-11H,12-14H2,1-7H3. The van der Waals surface area contributed by atoms with E-state index < -0.39 is 5.60 Å². The summed E-state index contributed by atoms with van der Waals surface area (Å²) in [6.45, 7) is 12.4. The maximum absolute atomic E-state index is 11.9. The minimum Gasteiger partial charge on any atom is -0.493 e. The summed E-state index contributed by atoms with van der Waals surface area (Å²) >= 11 is 0. The lowest BCUT2D eigenvalue weighted by Crippen LogP contribution is -2.36. The van der Waals surface area contributed by atoms with Crippen LogP contribution in [0.25, 0.3) is 0 Å². The Morgan fingerprint density at radius 2 is 1.91 bits per heavy atom. The highest BCUT2D eigenvalue weighted by Gasteiger charge is 2.28. The van der Waals surface area contributed by atoms with E-state index in [9.17, 15) is 4.79 Å². The van der Waals surface area contributed by atoms with Crippen LogP contribution in [0.1, 0.15) is 55.1 Å². The fourth-order valence-electron chi connectivity index (χ4n) is 3.39. The second-order valence-corrected chi connectivity index (χ2v) is 8.42. The highest BCUT2D eigenvalue weighted by atomic mass is 16.5. The Bertz CT molecular complexity index is 1070. The number of methoxy groups -OCH3 is 1. The molecule has 2 heterocycles. The van der Waals surface area contributed by atoms with Crippen LogP contribution in [0.5, 0.6) is 11.5 Å². The van der Waals surface area contributed by atoms with Crippen LogP contribution in [-0.2, 0) is 24.4 Å². The number of hydrogen-bond acceptors (Lipinski definition) is 8. The van der Waals surface area contributed by atoms with Gasteiger partial charge in [0.25, 0.3) is 0 Å². The number of Topliss-reactive ketones (excluding diaryl/α,β-unsaturated/α-hetero) is 1. The number of hydrogen-bond donors (Lipinski definition) is 0. The lowest BCUT2D eigenvalue weighted by Gasteiger charge is -2.27. The Balaban J connectivity index is 1.88. The number of nitrogens with zero attached hydrogens (tertiary/aromatic N) is 3. The number of aryl methyl sites for hydroxylation is 3. The van der Waals surface area contributed by atoms with E-state index in [0.717, 1.165) is 22.6 Å². The van der Waals surface area contributed by atoms with Gasteiger partial charge in [-0.2, -0.15) is 0 Å². The molecule has 1 aromatic carbocycles. The monoisotopic (exact) mass is 441 g/mol. The molecule has 0 unspecified atom stereocenters. The van der Waals surface area contributed by atoms with Gasteiger partial charge in [-0.3, -0.25) is 9.69 Å². The average Bonchev–Trinajstić information content (AvgIpc) is 3.32. The maximum atomic E-state index is 11.9. The number of benzene rings is 1. The number of oxazole rings is 2. The molecule has 0 aliphatic heterocycles. The first-order valence-electron chi connectivity index (χ1n) is 10.5. The van der Waals surface area contributed by atoms with Crippen molar-refractivity contribution >= 4 is 5.78 Å². The zero-order valence-corrected chi connectivity index (χ0v) is 19.8. The molecule has 3 rings (SSSR count). The summed E-state index contributed by atoms with van der Waals surface area (Å²) in [5.41, 5.74) is 1.84. The number of rotatable bonds is 10. The van der Waals surface area contributed by atoms with Gasteiger partial charge in [0.05, 0.1) is 25.5 Å². The van der Waals surface area contributed by atoms with Crippen molar-refractivity contribution in [1.82, 2.24) is 14.9 Å². The lowest BCUT2D eigenvalue weighted by molar-refractivity contribution is -0.129. The van der Waals surface area contributed by atoms with E-state index in [1.807, 2.05) is 32.9 Å². The van der Waals surface area contributed by atoms with Crippen LogP contribution < -0.4 is 9.47 Å². The van der Waals surface area contributed by atoms with Crippen molar-refractivity contribution in [2.45, 2.75) is 66.8 Å². The number of aromatic nitrogens is 2. The minimum absolute atomic E-state index is 0.0570. The van der Waals surface area contributed by atoms with Gasteiger partial charge in [0, 0.05) is 20.0 Å². The molecule has 0 aliphatic carbocycles. The molecule has 2 aromatic heterocycles. The van der Waals surface area contributed by atoms with Crippen LogP contribution >= 0.6 is 0 Å². The molecule has 8 heteroatoms. The molecule has 0 saturated heterocycles. The summed E-state index contributed by atoms with van der Waals surface area (Å²) in [5.74, 6) is 3.15. The second-order valence-electron chi connectivity index (χ2n) is 8.42. The second kappa shape index (κ2) is 9.56.